The summed E-state index contributed by atoms with van der Waals surface area (Å²) in [6, 6.07) is 16.7. The normalized spacial score (nSPS) is 12.8. The van der Waals surface area contributed by atoms with E-state index in [0.717, 1.165) is 28.7 Å². The van der Waals surface area contributed by atoms with Crippen molar-refractivity contribution in [3.8, 4) is 0 Å². The standard InChI is InChI=1S/C32H38O3P/c1-20(18-32(6,7)8)19-36(35)26-17-11-16-25(30(33)27-21(2)12-9-13-22(27)3)29(26)31(34)28-23(4)14-10-15-24(28)5/h9-17,20H,18-19H2,1-8H3/q+1. The second-order valence-electron chi connectivity index (χ2n) is 11.3. The number of rotatable bonds is 8. The number of carbonyl (C=O) groups is 2. The number of aryl methyl sites for hydroxylation is 4. The van der Waals surface area contributed by atoms with Crippen LogP contribution in [0.1, 0.15) is 88.2 Å². The van der Waals surface area contributed by atoms with Gasteiger partial charge in [-0.2, -0.15) is 0 Å². The lowest BCUT2D eigenvalue weighted by Gasteiger charge is -2.20. The zero-order chi connectivity index (χ0) is 26.8. The lowest BCUT2D eigenvalue weighted by Crippen LogP contribution is -2.23. The highest BCUT2D eigenvalue weighted by Crippen LogP contribution is 2.34. The van der Waals surface area contributed by atoms with Crippen LogP contribution in [0, 0.1) is 39.0 Å². The Morgan fingerprint density at radius 1 is 0.722 bits per heavy atom. The lowest BCUT2D eigenvalue weighted by atomic mass is 9.86. The summed E-state index contributed by atoms with van der Waals surface area (Å²) in [4.78, 5) is 28.1. The fourth-order valence-corrected chi connectivity index (χ4v) is 6.89. The maximum absolute atomic E-state index is 14.2. The predicted octanol–water partition coefficient (Wildman–Crippen LogP) is 7.91. The molecule has 188 valence electrons. The largest absolute Gasteiger partial charge is 0.377 e. The molecule has 3 nitrogen and oxygen atoms in total. The van der Waals surface area contributed by atoms with Crippen LogP contribution in [0.15, 0.2) is 54.6 Å². The molecule has 0 heterocycles. The number of ketones is 2. The van der Waals surface area contributed by atoms with E-state index in [4.69, 9.17) is 0 Å². The molecule has 0 aliphatic heterocycles. The van der Waals surface area contributed by atoms with Gasteiger partial charge in [0.05, 0.1) is 5.56 Å². The summed E-state index contributed by atoms with van der Waals surface area (Å²) >= 11 is 0. The Morgan fingerprint density at radius 3 is 1.64 bits per heavy atom. The molecular formula is C32H38O3P+. The van der Waals surface area contributed by atoms with Crippen molar-refractivity contribution < 1.29 is 14.2 Å². The summed E-state index contributed by atoms with van der Waals surface area (Å²) in [5.41, 5.74) is 5.31. The first kappa shape index (κ1) is 27.7. The van der Waals surface area contributed by atoms with Gasteiger partial charge in [-0.3, -0.25) is 9.59 Å². The van der Waals surface area contributed by atoms with Crippen LogP contribution in [0.5, 0.6) is 0 Å². The predicted molar refractivity (Wildman–Crippen MR) is 150 cm³/mol. The molecule has 0 N–H and O–H groups in total. The van der Waals surface area contributed by atoms with Crippen molar-refractivity contribution in [2.45, 2.75) is 61.8 Å². The van der Waals surface area contributed by atoms with E-state index in [2.05, 4.69) is 27.7 Å². The van der Waals surface area contributed by atoms with Crippen LogP contribution in [-0.4, -0.2) is 17.7 Å². The van der Waals surface area contributed by atoms with E-state index < -0.39 is 7.80 Å². The van der Waals surface area contributed by atoms with Gasteiger partial charge < -0.3 is 0 Å². The molecule has 3 aromatic rings. The number of hydrogen-bond donors (Lipinski definition) is 0. The molecule has 4 heteroatoms. The summed E-state index contributed by atoms with van der Waals surface area (Å²) in [6.07, 6.45) is 1.40. The van der Waals surface area contributed by atoms with Crippen molar-refractivity contribution in [1.82, 2.24) is 0 Å². The van der Waals surface area contributed by atoms with Crippen molar-refractivity contribution in [2.24, 2.45) is 11.3 Å². The number of hydrogen-bond acceptors (Lipinski definition) is 3. The van der Waals surface area contributed by atoms with Crippen LogP contribution in [0.2, 0.25) is 0 Å². The second-order valence-corrected chi connectivity index (χ2v) is 12.9. The molecule has 0 radical (unpaired) electrons. The highest BCUT2D eigenvalue weighted by atomic mass is 31.1. The molecule has 0 saturated carbocycles. The minimum Gasteiger partial charge on any atom is -0.289 e. The molecule has 2 atom stereocenters. The van der Waals surface area contributed by atoms with Gasteiger partial charge in [0.1, 0.15) is 0 Å². The third kappa shape index (κ3) is 6.08. The van der Waals surface area contributed by atoms with E-state index in [1.165, 1.54) is 0 Å². The minimum atomic E-state index is -1.88. The average Bonchev–Trinajstić information content (AvgIpc) is 2.76. The maximum atomic E-state index is 14.2. The zero-order valence-electron chi connectivity index (χ0n) is 22.9. The number of benzene rings is 3. The molecular weight excluding hydrogens is 463 g/mol. The van der Waals surface area contributed by atoms with Crippen LogP contribution in [0.3, 0.4) is 0 Å². The van der Waals surface area contributed by atoms with Gasteiger partial charge in [0.15, 0.2) is 17.7 Å². The molecule has 0 aromatic heterocycles. The first-order valence-corrected chi connectivity index (χ1v) is 14.1. The van der Waals surface area contributed by atoms with Crippen molar-refractivity contribution in [3.05, 3.63) is 99.1 Å². The van der Waals surface area contributed by atoms with Crippen LogP contribution in [-0.2, 0) is 4.57 Å². The van der Waals surface area contributed by atoms with E-state index in [9.17, 15) is 14.2 Å². The third-order valence-electron chi connectivity index (χ3n) is 6.64. The molecule has 0 fully saturated rings. The van der Waals surface area contributed by atoms with Gasteiger partial charge in [-0.05, 0) is 73.9 Å². The molecule has 0 saturated heterocycles. The van der Waals surface area contributed by atoms with E-state index in [-0.39, 0.29) is 28.5 Å². The van der Waals surface area contributed by atoms with Crippen LogP contribution in [0.4, 0.5) is 0 Å². The monoisotopic (exact) mass is 501 g/mol. The lowest BCUT2D eigenvalue weighted by molar-refractivity contribution is 0.100. The Balaban J connectivity index is 2.22. The minimum absolute atomic E-state index is 0.118. The summed E-state index contributed by atoms with van der Waals surface area (Å²) in [5, 5.41) is 0.482. The van der Waals surface area contributed by atoms with Gasteiger partial charge in [0, 0.05) is 22.6 Å². The zero-order valence-corrected chi connectivity index (χ0v) is 23.8. The van der Waals surface area contributed by atoms with Crippen LogP contribution < -0.4 is 5.30 Å². The van der Waals surface area contributed by atoms with Gasteiger partial charge in [-0.25, -0.2) is 0 Å². The smallest absolute Gasteiger partial charge is 0.289 e. The number of carbonyl (C=O) groups excluding carboxylic acids is 2. The molecule has 36 heavy (non-hydrogen) atoms. The fourth-order valence-electron chi connectivity index (χ4n) is 5.27. The third-order valence-corrected chi connectivity index (χ3v) is 8.50. The van der Waals surface area contributed by atoms with Gasteiger partial charge in [-0.15, -0.1) is 0 Å². The van der Waals surface area contributed by atoms with E-state index in [1.54, 1.807) is 18.2 Å². The molecule has 3 aromatic carbocycles. The highest BCUT2D eigenvalue weighted by molar-refractivity contribution is 7.53. The Kier molecular flexibility index (Phi) is 8.47. The van der Waals surface area contributed by atoms with Crippen LogP contribution >= 0.6 is 7.80 Å². The average molecular weight is 502 g/mol. The Bertz CT molecular complexity index is 1290. The highest BCUT2D eigenvalue weighted by Gasteiger charge is 2.35. The molecule has 0 spiro atoms. The summed E-state index contributed by atoms with van der Waals surface area (Å²) in [7, 11) is -1.88. The van der Waals surface area contributed by atoms with E-state index >= 15 is 0 Å². The van der Waals surface area contributed by atoms with Gasteiger partial charge >= 0.3 is 7.80 Å². The second kappa shape index (κ2) is 11.0. The van der Waals surface area contributed by atoms with Crippen molar-refractivity contribution >= 4 is 24.7 Å². The van der Waals surface area contributed by atoms with E-state index in [1.807, 2.05) is 64.1 Å². The molecule has 0 amide bonds. The van der Waals surface area contributed by atoms with Gasteiger partial charge in [0.2, 0.25) is 5.30 Å². The Hall–Kier alpha value is -2.90. The first-order valence-electron chi connectivity index (χ1n) is 12.6. The Labute approximate surface area is 217 Å². The molecule has 0 aliphatic carbocycles. The Morgan fingerprint density at radius 2 is 1.17 bits per heavy atom. The van der Waals surface area contributed by atoms with Crippen molar-refractivity contribution in [1.29, 1.82) is 0 Å². The SMILES string of the molecule is Cc1cccc(C)c1C(=O)c1cccc([P+](=O)CC(C)CC(C)(C)C)c1C(=O)c1c(C)cccc1C. The molecule has 3 rings (SSSR count). The molecule has 0 aliphatic rings. The summed E-state index contributed by atoms with van der Waals surface area (Å²) in [5.74, 6) is -0.217. The molecule has 0 bridgehead atoms. The summed E-state index contributed by atoms with van der Waals surface area (Å²) < 4.78 is 13.8. The maximum Gasteiger partial charge on any atom is 0.377 e. The topological polar surface area (TPSA) is 51.2 Å². The van der Waals surface area contributed by atoms with Gasteiger partial charge in [-0.1, -0.05) is 74.7 Å². The van der Waals surface area contributed by atoms with Gasteiger partial charge in [0.25, 0.3) is 0 Å². The molecule has 2 unspecified atom stereocenters. The van der Waals surface area contributed by atoms with E-state index in [0.29, 0.717) is 28.2 Å². The first-order chi connectivity index (χ1) is 16.8. The summed E-state index contributed by atoms with van der Waals surface area (Å²) in [6.45, 7) is 16.3. The van der Waals surface area contributed by atoms with Crippen molar-refractivity contribution in [2.75, 3.05) is 6.16 Å². The van der Waals surface area contributed by atoms with Crippen molar-refractivity contribution in [3.63, 3.8) is 0 Å². The quantitative estimate of drug-likeness (QED) is 0.233. The van der Waals surface area contributed by atoms with Crippen LogP contribution in [0.25, 0.3) is 0 Å². The fraction of sp³-hybridized carbons (Fsp3) is 0.375.